The van der Waals surface area contributed by atoms with Crippen LogP contribution in [0.3, 0.4) is 0 Å². The maximum absolute atomic E-state index is 7.37. The molecule has 79 heavy (non-hydrogen) atoms. The molecule has 11 aromatic carbocycles. The van der Waals surface area contributed by atoms with Crippen LogP contribution in [0.25, 0.3) is 82.4 Å². The van der Waals surface area contributed by atoms with Gasteiger partial charge in [-0.25, -0.2) is 0 Å². The lowest BCUT2D eigenvalue weighted by Gasteiger charge is -2.35. The molecule has 0 bridgehead atoms. The van der Waals surface area contributed by atoms with Crippen LogP contribution in [0.4, 0.5) is 0 Å². The van der Waals surface area contributed by atoms with Crippen LogP contribution >= 0.6 is 7.92 Å². The molecule has 3 aliphatic heterocycles. The molecule has 3 nitrogen and oxygen atoms in total. The Morgan fingerprint density at radius 2 is 0.797 bits per heavy atom. The van der Waals surface area contributed by atoms with Gasteiger partial charge in [-0.3, -0.25) is 0 Å². The van der Waals surface area contributed by atoms with Gasteiger partial charge >= 0.3 is 0 Å². The van der Waals surface area contributed by atoms with E-state index in [4.69, 9.17) is 14.2 Å². The molecule has 0 aromatic heterocycles. The van der Waals surface area contributed by atoms with Crippen molar-refractivity contribution in [1.29, 1.82) is 0 Å². The second-order valence-electron chi connectivity index (χ2n) is 24.5. The quantitative estimate of drug-likeness (QED) is 0.165. The molecule has 0 amide bonds. The fourth-order valence-electron chi connectivity index (χ4n) is 16.2. The maximum Gasteiger partial charge on any atom is 0.140 e. The van der Waals surface area contributed by atoms with E-state index in [0.29, 0.717) is 5.92 Å². The van der Waals surface area contributed by atoms with Crippen molar-refractivity contribution in [3.63, 3.8) is 0 Å². The number of ether oxygens (including phenoxy) is 3. The Bertz CT molecular complexity index is 4570. The summed E-state index contributed by atoms with van der Waals surface area (Å²) in [5.41, 5.74) is 21.2. The second kappa shape index (κ2) is 15.0. The molecular weight excluding hydrogens is 980 g/mol. The molecule has 7 aliphatic rings. The highest BCUT2D eigenvalue weighted by Crippen LogP contribution is 2.63. The van der Waals surface area contributed by atoms with Crippen molar-refractivity contribution in [1.82, 2.24) is 0 Å². The van der Waals surface area contributed by atoms with Gasteiger partial charge in [0.05, 0.1) is 0 Å². The van der Waals surface area contributed by atoms with Crippen molar-refractivity contribution in [3.8, 4) is 73.3 Å². The first-order chi connectivity index (χ1) is 38.5. The largest absolute Gasteiger partial charge is 0.456 e. The van der Waals surface area contributed by atoms with E-state index in [2.05, 4.69) is 236 Å². The van der Waals surface area contributed by atoms with Gasteiger partial charge in [0.25, 0.3) is 0 Å². The van der Waals surface area contributed by atoms with E-state index in [1.807, 2.05) is 0 Å². The van der Waals surface area contributed by atoms with Crippen LogP contribution in [-0.4, -0.2) is 0 Å². The van der Waals surface area contributed by atoms with E-state index in [0.717, 1.165) is 62.8 Å². The molecular formula is C75H53O3P. The molecule has 0 radical (unpaired) electrons. The number of hydrogen-bond donors (Lipinski definition) is 0. The van der Waals surface area contributed by atoms with Crippen LogP contribution in [0.2, 0.25) is 0 Å². The van der Waals surface area contributed by atoms with Crippen molar-refractivity contribution >= 4 is 61.7 Å². The molecule has 376 valence electrons. The van der Waals surface area contributed by atoms with E-state index in [-0.39, 0.29) is 16.2 Å². The number of fused-ring (bicyclic) bond motifs is 17. The minimum absolute atomic E-state index is 0.157. The molecule has 1 atom stereocenters. The van der Waals surface area contributed by atoms with Crippen LogP contribution in [0.15, 0.2) is 205 Å². The van der Waals surface area contributed by atoms with Gasteiger partial charge in [-0.2, -0.15) is 0 Å². The molecule has 0 saturated heterocycles. The topological polar surface area (TPSA) is 27.7 Å². The van der Waals surface area contributed by atoms with Crippen LogP contribution < -0.4 is 30.1 Å². The summed E-state index contributed by atoms with van der Waals surface area (Å²) >= 11 is 0. The molecule has 3 heterocycles. The van der Waals surface area contributed by atoms with Crippen molar-refractivity contribution in [3.05, 3.63) is 244 Å². The van der Waals surface area contributed by atoms with Gasteiger partial charge in [0.1, 0.15) is 34.5 Å². The van der Waals surface area contributed by atoms with E-state index in [1.165, 1.54) is 121 Å². The molecule has 0 N–H and O–H groups in total. The van der Waals surface area contributed by atoms with Gasteiger partial charge in [-0.1, -0.05) is 205 Å². The van der Waals surface area contributed by atoms with Crippen molar-refractivity contribution in [2.24, 2.45) is 0 Å². The number of allylic oxidation sites excluding steroid dienone is 3. The normalized spacial score (nSPS) is 17.8. The van der Waals surface area contributed by atoms with Crippen LogP contribution in [0, 0.1) is 0 Å². The summed E-state index contributed by atoms with van der Waals surface area (Å²) < 4.78 is 22.0. The SMILES string of the molecule is CC1(C)C2=C3Oc4cccc5c(P(c6ccc7c8c(cccc68)Oc6c-7ccc7c6C(C)(C)c6ccccc6-7)c6ccc7c8c(cccc68)Oc6c-7ccc7c6C(C)(C)c6ccccc6-7)ccc(c45)C3=CCC2c2ccccc21. The summed E-state index contributed by atoms with van der Waals surface area (Å²) in [7, 11) is -1.27. The Morgan fingerprint density at radius 1 is 0.367 bits per heavy atom. The summed E-state index contributed by atoms with van der Waals surface area (Å²) in [5.74, 6) is 6.02. The van der Waals surface area contributed by atoms with Crippen molar-refractivity contribution < 1.29 is 14.2 Å². The molecule has 18 rings (SSSR count). The lowest BCUT2D eigenvalue weighted by Crippen LogP contribution is -2.26. The third-order valence-corrected chi connectivity index (χ3v) is 22.2. The van der Waals surface area contributed by atoms with E-state index >= 15 is 0 Å². The summed E-state index contributed by atoms with van der Waals surface area (Å²) in [6, 6.07) is 70.9. The first-order valence-corrected chi connectivity index (χ1v) is 29.4. The average molecular weight is 1030 g/mol. The van der Waals surface area contributed by atoms with Gasteiger partial charge in [-0.15, -0.1) is 0 Å². The number of hydrogen-bond acceptors (Lipinski definition) is 3. The van der Waals surface area contributed by atoms with Gasteiger partial charge in [0, 0.05) is 66.1 Å². The third kappa shape index (κ3) is 5.48. The third-order valence-electron chi connectivity index (χ3n) is 19.6. The van der Waals surface area contributed by atoms with Crippen LogP contribution in [0.5, 0.6) is 28.7 Å². The average Bonchev–Trinajstić information content (AvgIpc) is 3.95. The predicted molar refractivity (Wildman–Crippen MR) is 326 cm³/mol. The Morgan fingerprint density at radius 3 is 1.33 bits per heavy atom. The van der Waals surface area contributed by atoms with E-state index in [1.54, 1.807) is 0 Å². The zero-order valence-electron chi connectivity index (χ0n) is 44.9. The summed E-state index contributed by atoms with van der Waals surface area (Å²) in [4.78, 5) is 0. The zero-order chi connectivity index (χ0) is 52.6. The molecule has 0 saturated carbocycles. The Balaban J connectivity index is 0.868. The fraction of sp³-hybridized carbons (Fsp3) is 0.147. The minimum Gasteiger partial charge on any atom is -0.456 e. The van der Waals surface area contributed by atoms with Crippen molar-refractivity contribution in [2.75, 3.05) is 0 Å². The minimum atomic E-state index is -1.27. The smallest absolute Gasteiger partial charge is 0.140 e. The second-order valence-corrected chi connectivity index (χ2v) is 26.6. The molecule has 1 unspecified atom stereocenters. The number of rotatable bonds is 3. The predicted octanol–water partition coefficient (Wildman–Crippen LogP) is 18.6. The Hall–Kier alpha value is -8.49. The standard InChI is InChI=1S/C75H53O3P/c1-73(2)55-22-10-7-16-40(55)46-28-31-49-43-34-37-61(52-19-13-25-58(64(43)52)76-70(49)67(46)73)79(62-38-35-44-50-32-29-47-41-17-8-11-23-56(41)74(3,4)68(47)71(50)77-59-26-14-20-53(62)65(44)59)63-39-36-45-51-33-30-48-42-18-9-12-24-57(42)75(5,6)69(48)72(51)78-60-27-15-21-54(63)66(45)60/h7-29,31-39,48H,30H2,1-6H3. The number of benzene rings is 11. The Kier molecular flexibility index (Phi) is 8.44. The van der Waals surface area contributed by atoms with Gasteiger partial charge in [-0.05, 0) is 144 Å². The van der Waals surface area contributed by atoms with Gasteiger partial charge < -0.3 is 14.2 Å². The van der Waals surface area contributed by atoms with Crippen LogP contribution in [0.1, 0.15) is 92.8 Å². The molecule has 0 fully saturated rings. The van der Waals surface area contributed by atoms with Gasteiger partial charge in [0.2, 0.25) is 0 Å². The lowest BCUT2D eigenvalue weighted by molar-refractivity contribution is 0.419. The molecule has 4 heteroatoms. The summed E-state index contributed by atoms with van der Waals surface area (Å²) in [6.45, 7) is 14.2. The van der Waals surface area contributed by atoms with E-state index < -0.39 is 7.92 Å². The molecule has 0 spiro atoms. The highest BCUT2D eigenvalue weighted by atomic mass is 31.1. The fourth-order valence-corrected chi connectivity index (χ4v) is 18.9. The zero-order valence-corrected chi connectivity index (χ0v) is 45.8. The first-order valence-electron chi connectivity index (χ1n) is 28.1. The highest BCUT2D eigenvalue weighted by Gasteiger charge is 2.48. The summed E-state index contributed by atoms with van der Waals surface area (Å²) in [6.07, 6.45) is 3.42. The van der Waals surface area contributed by atoms with Gasteiger partial charge in [0.15, 0.2) is 0 Å². The lowest BCUT2D eigenvalue weighted by atomic mass is 9.75. The highest BCUT2D eigenvalue weighted by molar-refractivity contribution is 7.81. The Labute approximate surface area is 461 Å². The summed E-state index contributed by atoms with van der Waals surface area (Å²) in [5, 5.41) is 11.0. The van der Waals surface area contributed by atoms with E-state index in [9.17, 15) is 0 Å². The first kappa shape index (κ1) is 44.5. The van der Waals surface area contributed by atoms with Crippen LogP contribution in [-0.2, 0) is 16.2 Å². The molecule has 4 aliphatic carbocycles. The van der Waals surface area contributed by atoms with Crippen molar-refractivity contribution in [2.45, 2.75) is 70.1 Å². The maximum atomic E-state index is 7.37. The monoisotopic (exact) mass is 1030 g/mol. The molecule has 11 aromatic rings.